The van der Waals surface area contributed by atoms with Gasteiger partial charge in [0, 0.05) is 44.2 Å². The fourth-order valence-electron chi connectivity index (χ4n) is 5.89. The largest absolute Gasteiger partial charge is 0.464 e. The minimum Gasteiger partial charge on any atom is -0.464 e. The van der Waals surface area contributed by atoms with Gasteiger partial charge in [-0.25, -0.2) is 4.39 Å². The van der Waals surface area contributed by atoms with Crippen LogP contribution >= 0.6 is 0 Å². The maximum Gasteiger partial charge on any atom is 0.227 e. The first kappa shape index (κ1) is 20.0. The maximum atomic E-state index is 14.0. The van der Waals surface area contributed by atoms with Crippen molar-refractivity contribution < 1.29 is 18.3 Å². The second kappa shape index (κ2) is 7.97. The van der Waals surface area contributed by atoms with Crippen LogP contribution in [0.5, 0.6) is 0 Å². The van der Waals surface area contributed by atoms with Gasteiger partial charge in [0.05, 0.1) is 18.3 Å². The van der Waals surface area contributed by atoms with Crippen LogP contribution in [0, 0.1) is 0 Å². The van der Waals surface area contributed by atoms with Crippen molar-refractivity contribution in [2.75, 3.05) is 26.7 Å². The molecule has 1 aromatic heterocycles. The van der Waals surface area contributed by atoms with Crippen LogP contribution in [0.25, 0.3) is 11.0 Å². The van der Waals surface area contributed by atoms with Gasteiger partial charge in [0.15, 0.2) is 0 Å². The van der Waals surface area contributed by atoms with Crippen molar-refractivity contribution >= 4 is 16.9 Å². The molecule has 0 N–H and O–H groups in total. The van der Waals surface area contributed by atoms with Crippen LogP contribution in [0.3, 0.4) is 0 Å². The molecule has 4 atom stereocenters. The van der Waals surface area contributed by atoms with Gasteiger partial charge in [-0.2, -0.15) is 0 Å². The van der Waals surface area contributed by atoms with Crippen LogP contribution in [-0.2, 0) is 16.0 Å². The molecule has 1 amide bonds. The highest BCUT2D eigenvalue weighted by molar-refractivity contribution is 5.87. The van der Waals surface area contributed by atoms with Gasteiger partial charge in [0.2, 0.25) is 5.91 Å². The van der Waals surface area contributed by atoms with Crippen molar-refractivity contribution in [3.63, 3.8) is 0 Å². The van der Waals surface area contributed by atoms with Gasteiger partial charge in [0.25, 0.3) is 0 Å². The molecule has 2 aromatic rings. The summed E-state index contributed by atoms with van der Waals surface area (Å²) in [7, 11) is 1.92. The Morgan fingerprint density at radius 3 is 2.97 bits per heavy atom. The molecule has 162 valence electrons. The normalized spacial score (nSPS) is 32.3. The molecule has 1 aromatic carbocycles. The second-order valence-corrected chi connectivity index (χ2v) is 9.32. The van der Waals surface area contributed by atoms with E-state index in [4.69, 9.17) is 9.15 Å². The number of likely N-dealkylation sites (N-methyl/N-ethyl adjacent to an activating group) is 1. The molecule has 2 aliphatic heterocycles. The zero-order chi connectivity index (χ0) is 20.7. The Labute approximate surface area is 177 Å². The summed E-state index contributed by atoms with van der Waals surface area (Å²) in [5, 5.41) is 0.998. The summed E-state index contributed by atoms with van der Waals surface area (Å²) < 4.78 is 25.7. The minimum absolute atomic E-state index is 0.0676. The number of benzene rings is 1. The van der Waals surface area contributed by atoms with E-state index < -0.39 is 6.17 Å². The molecule has 3 fully saturated rings. The number of carbonyl (C=O) groups excluding carboxylic acids is 1. The highest BCUT2D eigenvalue weighted by atomic mass is 19.1. The van der Waals surface area contributed by atoms with E-state index in [0.717, 1.165) is 61.8 Å². The first-order valence-electron chi connectivity index (χ1n) is 11.3. The number of hydrogen-bond acceptors (Lipinski definition) is 4. The van der Waals surface area contributed by atoms with E-state index in [2.05, 4.69) is 4.90 Å². The quantitative estimate of drug-likeness (QED) is 0.760. The number of halogens is 1. The monoisotopic (exact) mass is 414 g/mol. The van der Waals surface area contributed by atoms with Crippen LogP contribution in [0.15, 0.2) is 34.9 Å². The van der Waals surface area contributed by atoms with Gasteiger partial charge in [-0.1, -0.05) is 12.1 Å². The Kier molecular flexibility index (Phi) is 5.31. The van der Waals surface area contributed by atoms with Crippen LogP contribution in [-0.4, -0.2) is 66.3 Å². The third-order valence-corrected chi connectivity index (χ3v) is 7.56. The zero-order valence-corrected chi connectivity index (χ0v) is 17.7. The number of amides is 1. The standard InChI is InChI=1S/C24H31FN2O3/c1-26(23(28)14-17-4-2-5-22-19(17)8-13-29-22)20-6-10-24(9-3-12-30-24)15-21(20)27-11-7-18(25)16-27/h2,4-5,8,13,18,20-21H,3,6-7,9-12,14-16H2,1H3/t18?,20-,21-,24-/m0/s1. The Morgan fingerprint density at radius 1 is 1.30 bits per heavy atom. The molecule has 1 spiro atoms. The fraction of sp³-hybridized carbons (Fsp3) is 0.625. The fourth-order valence-corrected chi connectivity index (χ4v) is 5.89. The molecule has 6 heteroatoms. The summed E-state index contributed by atoms with van der Waals surface area (Å²) in [6.45, 7) is 2.08. The van der Waals surface area contributed by atoms with E-state index in [-0.39, 0.29) is 23.6 Å². The maximum absolute atomic E-state index is 14.0. The summed E-state index contributed by atoms with van der Waals surface area (Å²) in [6.07, 6.45) is 6.84. The molecule has 5 rings (SSSR count). The summed E-state index contributed by atoms with van der Waals surface area (Å²) >= 11 is 0. The average molecular weight is 415 g/mol. The van der Waals surface area contributed by atoms with Crippen LogP contribution in [0.2, 0.25) is 0 Å². The van der Waals surface area contributed by atoms with Crippen LogP contribution in [0.4, 0.5) is 4.39 Å². The first-order chi connectivity index (χ1) is 14.5. The lowest BCUT2D eigenvalue weighted by atomic mass is 9.76. The number of fused-ring (bicyclic) bond motifs is 1. The first-order valence-corrected chi connectivity index (χ1v) is 11.3. The predicted octanol–water partition coefficient (Wildman–Crippen LogP) is 3.95. The molecule has 3 heterocycles. The number of nitrogens with zero attached hydrogens (tertiary/aromatic N) is 2. The Bertz CT molecular complexity index is 907. The summed E-state index contributed by atoms with van der Waals surface area (Å²) in [5.41, 5.74) is 1.73. The molecule has 1 unspecified atom stereocenters. The molecule has 0 radical (unpaired) electrons. The smallest absolute Gasteiger partial charge is 0.227 e. The topological polar surface area (TPSA) is 45.9 Å². The third-order valence-electron chi connectivity index (χ3n) is 7.56. The molecular formula is C24H31FN2O3. The van der Waals surface area contributed by atoms with Crippen molar-refractivity contribution in [3.8, 4) is 0 Å². The van der Waals surface area contributed by atoms with Crippen molar-refractivity contribution in [2.24, 2.45) is 0 Å². The molecule has 1 saturated carbocycles. The molecule has 1 aliphatic carbocycles. The van der Waals surface area contributed by atoms with Crippen molar-refractivity contribution in [1.82, 2.24) is 9.80 Å². The number of furan rings is 1. The molecule has 0 bridgehead atoms. The van der Waals surface area contributed by atoms with E-state index in [1.165, 1.54) is 0 Å². The van der Waals surface area contributed by atoms with Gasteiger partial charge in [0.1, 0.15) is 11.8 Å². The lowest BCUT2D eigenvalue weighted by Crippen LogP contribution is -2.58. The number of rotatable bonds is 4. The van der Waals surface area contributed by atoms with E-state index in [1.807, 2.05) is 36.2 Å². The zero-order valence-electron chi connectivity index (χ0n) is 17.7. The van der Waals surface area contributed by atoms with E-state index in [1.54, 1.807) is 6.26 Å². The number of likely N-dealkylation sites (tertiary alicyclic amines) is 1. The lowest BCUT2D eigenvalue weighted by molar-refractivity contribution is -0.136. The molecule has 30 heavy (non-hydrogen) atoms. The molecular weight excluding hydrogens is 383 g/mol. The van der Waals surface area contributed by atoms with Gasteiger partial charge < -0.3 is 14.1 Å². The highest BCUT2D eigenvalue weighted by Gasteiger charge is 2.48. The molecule has 2 saturated heterocycles. The predicted molar refractivity (Wildman–Crippen MR) is 113 cm³/mol. The summed E-state index contributed by atoms with van der Waals surface area (Å²) in [6, 6.07) is 8.04. The number of carbonyl (C=O) groups is 1. The number of alkyl halides is 1. The van der Waals surface area contributed by atoms with Gasteiger partial charge in [-0.3, -0.25) is 9.69 Å². The van der Waals surface area contributed by atoms with E-state index >= 15 is 0 Å². The lowest BCUT2D eigenvalue weighted by Gasteiger charge is -2.48. The minimum atomic E-state index is -0.757. The molecule has 5 nitrogen and oxygen atoms in total. The van der Waals surface area contributed by atoms with Gasteiger partial charge >= 0.3 is 0 Å². The SMILES string of the molecule is CN(C(=O)Cc1cccc2occc12)[C@H]1CC[C@@]2(CCCO2)C[C@@H]1N1CCC(F)C1. The Hall–Kier alpha value is -1.92. The van der Waals surface area contributed by atoms with Crippen molar-refractivity contribution in [3.05, 3.63) is 36.1 Å². The highest BCUT2D eigenvalue weighted by Crippen LogP contribution is 2.43. The van der Waals surface area contributed by atoms with E-state index in [0.29, 0.717) is 19.4 Å². The van der Waals surface area contributed by atoms with Gasteiger partial charge in [-0.15, -0.1) is 0 Å². The Morgan fingerprint density at radius 2 is 2.20 bits per heavy atom. The van der Waals surface area contributed by atoms with E-state index in [9.17, 15) is 9.18 Å². The van der Waals surface area contributed by atoms with Crippen molar-refractivity contribution in [2.45, 2.75) is 68.8 Å². The van der Waals surface area contributed by atoms with Crippen LogP contribution in [0.1, 0.15) is 44.1 Å². The van der Waals surface area contributed by atoms with Gasteiger partial charge in [-0.05, 0) is 56.2 Å². The van der Waals surface area contributed by atoms with Crippen molar-refractivity contribution in [1.29, 1.82) is 0 Å². The van der Waals surface area contributed by atoms with Crippen LogP contribution < -0.4 is 0 Å². The number of ether oxygens (including phenoxy) is 1. The average Bonchev–Trinajstić information content (AvgIpc) is 3.49. The summed E-state index contributed by atoms with van der Waals surface area (Å²) in [4.78, 5) is 17.5. The summed E-state index contributed by atoms with van der Waals surface area (Å²) in [5.74, 6) is 0.109. The molecule has 3 aliphatic rings. The second-order valence-electron chi connectivity index (χ2n) is 9.32. The Balaban J connectivity index is 1.35. The number of hydrogen-bond donors (Lipinski definition) is 0. The third kappa shape index (κ3) is 3.65.